The maximum Gasteiger partial charge on any atom is 0.127 e. The largest absolute Gasteiger partial charge is 0.356 e. The summed E-state index contributed by atoms with van der Waals surface area (Å²) in [7, 11) is 0.781. The maximum absolute atomic E-state index is 3.45. The maximum atomic E-state index is 3.45. The van der Waals surface area contributed by atoms with Gasteiger partial charge in [-0.3, -0.25) is 0 Å². The molecule has 1 nitrogen and oxygen atoms in total. The zero-order valence-corrected chi connectivity index (χ0v) is 8.62. The van der Waals surface area contributed by atoms with Crippen LogP contribution in [0.5, 0.6) is 0 Å². The molecule has 0 saturated carbocycles. The van der Waals surface area contributed by atoms with Gasteiger partial charge in [0, 0.05) is 11.4 Å². The van der Waals surface area contributed by atoms with Crippen LogP contribution in [0.2, 0.25) is 0 Å². The van der Waals surface area contributed by atoms with Crippen molar-refractivity contribution < 1.29 is 0 Å². The second-order valence-corrected chi connectivity index (χ2v) is 4.67. The van der Waals surface area contributed by atoms with Gasteiger partial charge in [0.1, 0.15) is 9.52 Å². The van der Waals surface area contributed by atoms with Gasteiger partial charge < -0.3 is 5.32 Å². The fourth-order valence-corrected chi connectivity index (χ4v) is 2.90. The summed E-state index contributed by atoms with van der Waals surface area (Å²) in [5.74, 6) is 0. The van der Waals surface area contributed by atoms with Crippen LogP contribution in [0.15, 0.2) is 48.5 Å². The normalized spacial score (nSPS) is 12.6. The van der Waals surface area contributed by atoms with Crippen LogP contribution in [0.3, 0.4) is 0 Å². The van der Waals surface area contributed by atoms with Gasteiger partial charge in [0.25, 0.3) is 0 Å². The van der Waals surface area contributed by atoms with Gasteiger partial charge in [-0.1, -0.05) is 36.4 Å². The highest BCUT2D eigenvalue weighted by atomic mass is 28.2. The van der Waals surface area contributed by atoms with E-state index in [0.29, 0.717) is 0 Å². The molecule has 0 aromatic heterocycles. The number of fused-ring (bicyclic) bond motifs is 2. The van der Waals surface area contributed by atoms with Crippen LogP contribution in [0.1, 0.15) is 0 Å². The Balaban J connectivity index is 2.12. The summed E-state index contributed by atoms with van der Waals surface area (Å²) in [5, 5.41) is 6.26. The van der Waals surface area contributed by atoms with Crippen LogP contribution >= 0.6 is 0 Å². The highest BCUT2D eigenvalue weighted by molar-refractivity contribution is 6.71. The first-order valence-corrected chi connectivity index (χ1v) is 5.65. The monoisotopic (exact) mass is 195 g/mol. The van der Waals surface area contributed by atoms with Crippen molar-refractivity contribution in [3.8, 4) is 0 Å². The van der Waals surface area contributed by atoms with E-state index in [1.165, 1.54) is 21.7 Å². The molecular weight excluding hydrogens is 186 g/mol. The Morgan fingerprint density at radius 2 is 1.21 bits per heavy atom. The molecule has 0 spiro atoms. The quantitative estimate of drug-likeness (QED) is 0.535. The van der Waals surface area contributed by atoms with Crippen LogP contribution in [0, 0.1) is 0 Å². The third kappa shape index (κ3) is 1.15. The lowest BCUT2D eigenvalue weighted by atomic mass is 10.2. The summed E-state index contributed by atoms with van der Waals surface area (Å²) in [4.78, 5) is 0. The number of hydrogen-bond acceptors (Lipinski definition) is 1. The molecule has 0 fully saturated rings. The molecule has 0 bridgehead atoms. The molecule has 2 heteroatoms. The fraction of sp³-hybridized carbons (Fsp3) is 0. The molecular formula is C12H9NSi. The number of para-hydroxylation sites is 2. The molecule has 0 atom stereocenters. The minimum absolute atomic E-state index is 0.781. The lowest BCUT2D eigenvalue weighted by Gasteiger charge is -2.20. The summed E-state index contributed by atoms with van der Waals surface area (Å²) in [6.45, 7) is 0. The highest BCUT2D eigenvalue weighted by Crippen LogP contribution is 2.15. The molecule has 3 rings (SSSR count). The van der Waals surface area contributed by atoms with Gasteiger partial charge in [-0.25, -0.2) is 0 Å². The molecule has 1 heterocycles. The van der Waals surface area contributed by atoms with Crippen molar-refractivity contribution in [1.82, 2.24) is 0 Å². The third-order valence-corrected chi connectivity index (χ3v) is 3.80. The van der Waals surface area contributed by atoms with Gasteiger partial charge in [-0.2, -0.15) is 0 Å². The average Bonchev–Trinajstić information content (AvgIpc) is 2.26. The molecule has 1 aliphatic heterocycles. The van der Waals surface area contributed by atoms with Crippen LogP contribution in [0.4, 0.5) is 11.4 Å². The Morgan fingerprint density at radius 3 is 1.79 bits per heavy atom. The first-order chi connectivity index (χ1) is 6.93. The molecule has 0 amide bonds. The van der Waals surface area contributed by atoms with E-state index in [4.69, 9.17) is 0 Å². The van der Waals surface area contributed by atoms with Crippen molar-refractivity contribution >= 4 is 31.3 Å². The van der Waals surface area contributed by atoms with Crippen molar-refractivity contribution in [1.29, 1.82) is 0 Å². The molecule has 0 unspecified atom stereocenters. The molecule has 0 aliphatic carbocycles. The van der Waals surface area contributed by atoms with Crippen LogP contribution in [-0.2, 0) is 0 Å². The Kier molecular flexibility index (Phi) is 1.67. The zero-order valence-electron chi connectivity index (χ0n) is 7.62. The van der Waals surface area contributed by atoms with Gasteiger partial charge in [-0.05, 0) is 22.5 Å². The molecule has 1 aliphatic rings. The molecule has 2 aromatic carbocycles. The van der Waals surface area contributed by atoms with Gasteiger partial charge in [0.2, 0.25) is 0 Å². The lowest BCUT2D eigenvalue weighted by molar-refractivity contribution is 1.58. The van der Waals surface area contributed by atoms with E-state index in [0.717, 1.165) is 9.52 Å². The van der Waals surface area contributed by atoms with Crippen molar-refractivity contribution in [2.24, 2.45) is 0 Å². The SMILES string of the molecule is c1ccc2c(c1)Nc1ccccc1[Si]2. The minimum Gasteiger partial charge on any atom is -0.356 e. The molecule has 2 radical (unpaired) electrons. The predicted molar refractivity (Wildman–Crippen MR) is 61.2 cm³/mol. The zero-order chi connectivity index (χ0) is 9.38. The van der Waals surface area contributed by atoms with Crippen molar-refractivity contribution in [2.75, 3.05) is 5.32 Å². The third-order valence-electron chi connectivity index (χ3n) is 2.39. The standard InChI is InChI=1S/C12H9NSi/c1-3-7-11-9(5-1)13-10-6-2-4-8-12(10)14-11/h1-8,13H. The van der Waals surface area contributed by atoms with Crippen LogP contribution in [0.25, 0.3) is 0 Å². The van der Waals surface area contributed by atoms with Crippen molar-refractivity contribution in [3.63, 3.8) is 0 Å². The Morgan fingerprint density at radius 1 is 0.714 bits per heavy atom. The first kappa shape index (κ1) is 7.82. The number of nitrogens with one attached hydrogen (secondary N) is 1. The van der Waals surface area contributed by atoms with Gasteiger partial charge in [-0.15, -0.1) is 0 Å². The topological polar surface area (TPSA) is 12.0 Å². The highest BCUT2D eigenvalue weighted by Gasteiger charge is 2.13. The van der Waals surface area contributed by atoms with E-state index in [-0.39, 0.29) is 0 Å². The summed E-state index contributed by atoms with van der Waals surface area (Å²) < 4.78 is 0. The molecule has 2 aromatic rings. The summed E-state index contributed by atoms with van der Waals surface area (Å²) >= 11 is 0. The Hall–Kier alpha value is -1.54. The smallest absolute Gasteiger partial charge is 0.127 e. The van der Waals surface area contributed by atoms with E-state index >= 15 is 0 Å². The fourth-order valence-electron chi connectivity index (χ4n) is 1.69. The van der Waals surface area contributed by atoms with E-state index in [9.17, 15) is 0 Å². The van der Waals surface area contributed by atoms with Crippen molar-refractivity contribution in [2.45, 2.75) is 0 Å². The molecule has 14 heavy (non-hydrogen) atoms. The predicted octanol–water partition coefficient (Wildman–Crippen LogP) is 1.40. The Bertz CT molecular complexity index is 392. The number of anilines is 2. The van der Waals surface area contributed by atoms with E-state index in [1.54, 1.807) is 0 Å². The number of benzene rings is 2. The number of rotatable bonds is 0. The van der Waals surface area contributed by atoms with Gasteiger partial charge in [0.15, 0.2) is 0 Å². The summed E-state index contributed by atoms with van der Waals surface area (Å²) in [5.41, 5.74) is 2.51. The van der Waals surface area contributed by atoms with Gasteiger partial charge >= 0.3 is 0 Å². The van der Waals surface area contributed by atoms with E-state index in [1.807, 2.05) is 0 Å². The molecule has 66 valence electrons. The number of hydrogen-bond donors (Lipinski definition) is 1. The van der Waals surface area contributed by atoms with Gasteiger partial charge in [0.05, 0.1) is 0 Å². The molecule has 1 N–H and O–H groups in total. The average molecular weight is 195 g/mol. The second kappa shape index (κ2) is 2.99. The van der Waals surface area contributed by atoms with Crippen molar-refractivity contribution in [3.05, 3.63) is 48.5 Å². The van der Waals surface area contributed by atoms with Crippen LogP contribution < -0.4 is 15.7 Å². The van der Waals surface area contributed by atoms with E-state index < -0.39 is 0 Å². The Labute approximate surface area is 85.6 Å². The summed E-state index contributed by atoms with van der Waals surface area (Å²) in [6.07, 6.45) is 0. The lowest BCUT2D eigenvalue weighted by Crippen LogP contribution is -2.35. The summed E-state index contributed by atoms with van der Waals surface area (Å²) in [6, 6.07) is 17.0. The minimum atomic E-state index is 0.781. The van der Waals surface area contributed by atoms with E-state index in [2.05, 4.69) is 53.8 Å². The first-order valence-electron chi connectivity index (χ1n) is 4.65. The second-order valence-electron chi connectivity index (χ2n) is 3.34. The molecule has 0 saturated heterocycles. The van der Waals surface area contributed by atoms with Crippen LogP contribution in [-0.4, -0.2) is 9.52 Å².